The van der Waals surface area contributed by atoms with Crippen molar-refractivity contribution in [1.29, 1.82) is 0 Å². The summed E-state index contributed by atoms with van der Waals surface area (Å²) in [5.74, 6) is -0.831. The van der Waals surface area contributed by atoms with Crippen LogP contribution in [-0.2, 0) is 9.59 Å². The van der Waals surface area contributed by atoms with Crippen LogP contribution in [0.1, 0.15) is 32.8 Å². The van der Waals surface area contributed by atoms with Gasteiger partial charge in [-0.1, -0.05) is 38.5 Å². The smallest absolute Gasteiger partial charge is 0.305 e. The van der Waals surface area contributed by atoms with E-state index < -0.39 is 5.97 Å². The number of carboxylic acid groups (broad SMARTS) is 1. The zero-order valence-electron chi connectivity index (χ0n) is 12.6. The van der Waals surface area contributed by atoms with Crippen LogP contribution in [0.2, 0.25) is 0 Å². The van der Waals surface area contributed by atoms with E-state index >= 15 is 0 Å². The Labute approximate surface area is 120 Å². The van der Waals surface area contributed by atoms with Crippen molar-refractivity contribution in [3.05, 3.63) is 29.8 Å². The molecular formula is C16H23NO3. The van der Waals surface area contributed by atoms with Gasteiger partial charge in [-0.2, -0.15) is 0 Å². The Morgan fingerprint density at radius 3 is 2.15 bits per heavy atom. The van der Waals surface area contributed by atoms with Gasteiger partial charge in [0.2, 0.25) is 5.91 Å². The van der Waals surface area contributed by atoms with E-state index in [0.29, 0.717) is 0 Å². The summed E-state index contributed by atoms with van der Waals surface area (Å²) in [6.07, 6.45) is -0.0512. The predicted molar refractivity (Wildman–Crippen MR) is 79.8 cm³/mol. The quantitative estimate of drug-likeness (QED) is 0.869. The molecular weight excluding hydrogens is 254 g/mol. The lowest BCUT2D eigenvalue weighted by molar-refractivity contribution is -0.136. The van der Waals surface area contributed by atoms with Gasteiger partial charge in [-0.05, 0) is 25.0 Å². The van der Waals surface area contributed by atoms with Crippen molar-refractivity contribution in [1.82, 2.24) is 0 Å². The molecule has 0 saturated carbocycles. The Bertz CT molecular complexity index is 465. The minimum atomic E-state index is -0.896. The molecule has 1 N–H and O–H groups in total. The zero-order valence-corrected chi connectivity index (χ0v) is 12.6. The Morgan fingerprint density at radius 2 is 1.70 bits per heavy atom. The van der Waals surface area contributed by atoms with Crippen molar-refractivity contribution < 1.29 is 14.7 Å². The van der Waals surface area contributed by atoms with Crippen LogP contribution < -0.4 is 4.90 Å². The molecule has 20 heavy (non-hydrogen) atoms. The summed E-state index contributed by atoms with van der Waals surface area (Å²) in [4.78, 5) is 24.9. The third-order valence-electron chi connectivity index (χ3n) is 3.55. The fourth-order valence-corrected chi connectivity index (χ4v) is 1.83. The largest absolute Gasteiger partial charge is 0.481 e. The standard InChI is InChI=1S/C16H23NO3/c1-11(2)13(4)16(20)17(10-9-15(18)19)14-7-5-12(3)6-8-14/h5-8,11,13H,9-10H2,1-4H3,(H,18,19). The highest BCUT2D eigenvalue weighted by atomic mass is 16.4. The minimum absolute atomic E-state index is 0.0231. The highest BCUT2D eigenvalue weighted by molar-refractivity contribution is 5.95. The fraction of sp³-hybridized carbons (Fsp3) is 0.500. The van der Waals surface area contributed by atoms with E-state index in [-0.39, 0.29) is 30.7 Å². The topological polar surface area (TPSA) is 57.6 Å². The van der Waals surface area contributed by atoms with Crippen molar-refractivity contribution >= 4 is 17.6 Å². The zero-order chi connectivity index (χ0) is 15.3. The average molecular weight is 277 g/mol. The second kappa shape index (κ2) is 7.08. The predicted octanol–water partition coefficient (Wildman–Crippen LogP) is 3.09. The molecule has 0 heterocycles. The maximum atomic E-state index is 12.5. The van der Waals surface area contributed by atoms with E-state index in [1.807, 2.05) is 52.0 Å². The lowest BCUT2D eigenvalue weighted by Gasteiger charge is -2.27. The second-order valence-electron chi connectivity index (χ2n) is 5.50. The van der Waals surface area contributed by atoms with E-state index in [2.05, 4.69) is 0 Å². The van der Waals surface area contributed by atoms with Gasteiger partial charge < -0.3 is 10.0 Å². The summed E-state index contributed by atoms with van der Waals surface area (Å²) >= 11 is 0. The lowest BCUT2D eigenvalue weighted by atomic mass is 9.96. The molecule has 1 aromatic rings. The number of rotatable bonds is 6. The van der Waals surface area contributed by atoms with E-state index in [4.69, 9.17) is 5.11 Å². The summed E-state index contributed by atoms with van der Waals surface area (Å²) < 4.78 is 0. The molecule has 1 rings (SSSR count). The maximum Gasteiger partial charge on any atom is 0.305 e. The molecule has 0 aliphatic rings. The van der Waals surface area contributed by atoms with Crippen LogP contribution in [0, 0.1) is 18.8 Å². The number of hydrogen-bond acceptors (Lipinski definition) is 2. The summed E-state index contributed by atoms with van der Waals surface area (Å²) in [5.41, 5.74) is 1.87. The number of aryl methyl sites for hydroxylation is 1. The van der Waals surface area contributed by atoms with Crippen LogP contribution in [0.5, 0.6) is 0 Å². The van der Waals surface area contributed by atoms with Crippen molar-refractivity contribution in [2.45, 2.75) is 34.1 Å². The van der Waals surface area contributed by atoms with Gasteiger partial charge in [0.25, 0.3) is 0 Å². The van der Waals surface area contributed by atoms with Crippen molar-refractivity contribution in [2.24, 2.45) is 11.8 Å². The van der Waals surface area contributed by atoms with E-state index in [1.165, 1.54) is 0 Å². The molecule has 1 atom stereocenters. The van der Waals surface area contributed by atoms with Gasteiger partial charge in [-0.25, -0.2) is 0 Å². The molecule has 0 aliphatic carbocycles. The van der Waals surface area contributed by atoms with Gasteiger partial charge in [-0.15, -0.1) is 0 Å². The molecule has 0 radical (unpaired) electrons. The summed E-state index contributed by atoms with van der Waals surface area (Å²) in [6, 6.07) is 7.58. The molecule has 110 valence electrons. The van der Waals surface area contributed by atoms with Gasteiger partial charge in [0, 0.05) is 18.2 Å². The second-order valence-corrected chi connectivity index (χ2v) is 5.50. The molecule has 0 spiro atoms. The Balaban J connectivity index is 2.98. The van der Waals surface area contributed by atoms with Crippen molar-refractivity contribution in [3.63, 3.8) is 0 Å². The molecule has 0 aliphatic heterocycles. The van der Waals surface area contributed by atoms with E-state index in [1.54, 1.807) is 4.90 Å². The lowest BCUT2D eigenvalue weighted by Crippen LogP contribution is -2.38. The molecule has 0 aromatic heterocycles. The Morgan fingerprint density at radius 1 is 1.15 bits per heavy atom. The average Bonchev–Trinajstić information content (AvgIpc) is 2.39. The molecule has 4 heteroatoms. The maximum absolute atomic E-state index is 12.5. The van der Waals surface area contributed by atoms with Gasteiger partial charge in [-0.3, -0.25) is 9.59 Å². The molecule has 1 aromatic carbocycles. The molecule has 1 unspecified atom stereocenters. The highest BCUT2D eigenvalue weighted by Gasteiger charge is 2.24. The van der Waals surface area contributed by atoms with Gasteiger partial charge in [0.05, 0.1) is 6.42 Å². The first-order chi connectivity index (χ1) is 9.32. The number of carbonyl (C=O) groups excluding carboxylic acids is 1. The van der Waals surface area contributed by atoms with Gasteiger partial charge in [0.15, 0.2) is 0 Å². The van der Waals surface area contributed by atoms with Crippen LogP contribution in [0.3, 0.4) is 0 Å². The number of carboxylic acids is 1. The van der Waals surface area contributed by atoms with E-state index in [0.717, 1.165) is 11.3 Å². The number of benzene rings is 1. The monoisotopic (exact) mass is 277 g/mol. The Hall–Kier alpha value is -1.84. The van der Waals surface area contributed by atoms with Crippen molar-refractivity contribution in [2.75, 3.05) is 11.4 Å². The first kappa shape index (κ1) is 16.2. The molecule has 0 fully saturated rings. The van der Waals surface area contributed by atoms with E-state index in [9.17, 15) is 9.59 Å². The number of nitrogens with zero attached hydrogens (tertiary/aromatic N) is 1. The van der Waals surface area contributed by atoms with Crippen LogP contribution in [-0.4, -0.2) is 23.5 Å². The first-order valence-electron chi connectivity index (χ1n) is 6.92. The third-order valence-corrected chi connectivity index (χ3v) is 3.55. The number of amides is 1. The normalized spacial score (nSPS) is 12.2. The van der Waals surface area contributed by atoms with Gasteiger partial charge in [0.1, 0.15) is 0 Å². The van der Waals surface area contributed by atoms with Crippen LogP contribution in [0.15, 0.2) is 24.3 Å². The summed E-state index contributed by atoms with van der Waals surface area (Å²) in [7, 11) is 0. The van der Waals surface area contributed by atoms with Gasteiger partial charge >= 0.3 is 5.97 Å². The number of aliphatic carboxylic acids is 1. The molecule has 1 amide bonds. The Kier molecular flexibility index (Phi) is 5.74. The highest BCUT2D eigenvalue weighted by Crippen LogP contribution is 2.21. The molecule has 0 bridgehead atoms. The van der Waals surface area contributed by atoms with Crippen LogP contribution in [0.4, 0.5) is 5.69 Å². The molecule has 0 saturated heterocycles. The number of carbonyl (C=O) groups is 2. The van der Waals surface area contributed by atoms with Crippen LogP contribution in [0.25, 0.3) is 0 Å². The van der Waals surface area contributed by atoms with Crippen molar-refractivity contribution in [3.8, 4) is 0 Å². The summed E-state index contributed by atoms with van der Waals surface area (Å²) in [6.45, 7) is 8.05. The minimum Gasteiger partial charge on any atom is -0.481 e. The number of hydrogen-bond donors (Lipinski definition) is 1. The fourth-order valence-electron chi connectivity index (χ4n) is 1.83. The SMILES string of the molecule is Cc1ccc(N(CCC(=O)O)C(=O)C(C)C(C)C)cc1. The number of anilines is 1. The summed E-state index contributed by atoms with van der Waals surface area (Å²) in [5, 5.41) is 8.84. The first-order valence-corrected chi connectivity index (χ1v) is 6.92. The van der Waals surface area contributed by atoms with Crippen LogP contribution >= 0.6 is 0 Å². The third kappa shape index (κ3) is 4.37. The molecule has 4 nitrogen and oxygen atoms in total.